The van der Waals surface area contributed by atoms with Crippen LogP contribution in [0.25, 0.3) is 0 Å². The van der Waals surface area contributed by atoms with Crippen LogP contribution in [0.2, 0.25) is 0 Å². The average Bonchev–Trinajstić information content (AvgIpc) is 2.70. The molecule has 0 fully saturated rings. The van der Waals surface area contributed by atoms with Gasteiger partial charge in [0.2, 0.25) is 11.8 Å². The zero-order chi connectivity index (χ0) is 20.8. The molecule has 0 radical (unpaired) electrons. The van der Waals surface area contributed by atoms with E-state index in [1.807, 2.05) is 12.1 Å². The molecule has 1 aliphatic rings. The van der Waals surface area contributed by atoms with Gasteiger partial charge in [0.05, 0.1) is 11.4 Å². The van der Waals surface area contributed by atoms with Crippen LogP contribution in [0.5, 0.6) is 0 Å². The van der Waals surface area contributed by atoms with Gasteiger partial charge < -0.3 is 15.4 Å². The first kappa shape index (κ1) is 20.4. The molecule has 2 aromatic carbocycles. The van der Waals surface area contributed by atoms with E-state index < -0.39 is 18.5 Å². The molecule has 1 heterocycles. The molecule has 3 amide bonds. The molecular weight excluding hydrogens is 394 g/mol. The third kappa shape index (κ3) is 5.58. The van der Waals surface area contributed by atoms with E-state index >= 15 is 0 Å². The van der Waals surface area contributed by atoms with Gasteiger partial charge in [-0.2, -0.15) is 0 Å². The van der Waals surface area contributed by atoms with Crippen molar-refractivity contribution >= 4 is 52.5 Å². The fourth-order valence-corrected chi connectivity index (χ4v) is 3.62. The van der Waals surface area contributed by atoms with E-state index in [4.69, 9.17) is 4.74 Å². The van der Waals surface area contributed by atoms with Crippen LogP contribution in [-0.4, -0.2) is 42.6 Å². The summed E-state index contributed by atoms with van der Waals surface area (Å²) in [7, 11) is 0. The lowest BCUT2D eigenvalue weighted by atomic mass is 10.2. The number of para-hydroxylation sites is 1. The van der Waals surface area contributed by atoms with Crippen molar-refractivity contribution in [1.29, 1.82) is 0 Å². The first-order valence-corrected chi connectivity index (χ1v) is 9.76. The maximum Gasteiger partial charge on any atom is 0.326 e. The van der Waals surface area contributed by atoms with E-state index in [1.165, 1.54) is 23.6 Å². The molecule has 2 N–H and O–H groups in total. The van der Waals surface area contributed by atoms with E-state index in [0.717, 1.165) is 4.90 Å². The number of anilines is 3. The predicted molar refractivity (Wildman–Crippen MR) is 110 cm³/mol. The number of fused-ring (bicyclic) bond motifs is 1. The van der Waals surface area contributed by atoms with Crippen molar-refractivity contribution in [2.24, 2.45) is 0 Å². The van der Waals surface area contributed by atoms with Crippen LogP contribution in [0.3, 0.4) is 0 Å². The molecule has 0 spiro atoms. The topological polar surface area (TPSA) is 105 Å². The Morgan fingerprint density at radius 3 is 2.38 bits per heavy atom. The van der Waals surface area contributed by atoms with Crippen LogP contribution in [0.1, 0.15) is 6.92 Å². The zero-order valence-electron chi connectivity index (χ0n) is 15.6. The van der Waals surface area contributed by atoms with E-state index in [9.17, 15) is 19.2 Å². The Morgan fingerprint density at radius 1 is 1.03 bits per heavy atom. The van der Waals surface area contributed by atoms with Crippen molar-refractivity contribution in [1.82, 2.24) is 0 Å². The van der Waals surface area contributed by atoms with Gasteiger partial charge in [-0.05, 0) is 36.4 Å². The van der Waals surface area contributed by atoms with Crippen molar-refractivity contribution in [3.63, 3.8) is 0 Å². The molecule has 9 heteroatoms. The SMILES string of the molecule is CC(=O)Nc1ccc(NC(=O)COC(=O)CN2C(=O)CSc3ccccc32)cc1. The number of nitrogens with zero attached hydrogens (tertiary/aromatic N) is 1. The van der Waals surface area contributed by atoms with Crippen LogP contribution in [0, 0.1) is 0 Å². The number of thioether (sulfide) groups is 1. The number of nitrogens with one attached hydrogen (secondary N) is 2. The number of carbonyl (C=O) groups excluding carboxylic acids is 4. The predicted octanol–water partition coefficient (Wildman–Crippen LogP) is 2.27. The van der Waals surface area contributed by atoms with Gasteiger partial charge >= 0.3 is 5.97 Å². The van der Waals surface area contributed by atoms with Gasteiger partial charge in [0.1, 0.15) is 6.54 Å². The average molecular weight is 413 g/mol. The highest BCUT2D eigenvalue weighted by Gasteiger charge is 2.26. The number of amides is 3. The summed E-state index contributed by atoms with van der Waals surface area (Å²) in [6.45, 7) is 0.679. The number of rotatable bonds is 6. The summed E-state index contributed by atoms with van der Waals surface area (Å²) in [5, 5.41) is 5.21. The van der Waals surface area contributed by atoms with Gasteiger partial charge in [0, 0.05) is 23.2 Å². The number of hydrogen-bond donors (Lipinski definition) is 2. The van der Waals surface area contributed by atoms with Crippen molar-refractivity contribution in [2.45, 2.75) is 11.8 Å². The van der Waals surface area contributed by atoms with Crippen molar-refractivity contribution < 1.29 is 23.9 Å². The Hall–Kier alpha value is -3.33. The third-order valence-electron chi connectivity index (χ3n) is 3.95. The van der Waals surface area contributed by atoms with Gasteiger partial charge in [-0.25, -0.2) is 0 Å². The van der Waals surface area contributed by atoms with Crippen LogP contribution >= 0.6 is 11.8 Å². The van der Waals surface area contributed by atoms with Gasteiger partial charge in [-0.15, -0.1) is 11.8 Å². The van der Waals surface area contributed by atoms with Crippen LogP contribution in [0.15, 0.2) is 53.4 Å². The number of ether oxygens (including phenoxy) is 1. The Kier molecular flexibility index (Phi) is 6.50. The molecule has 0 saturated carbocycles. The maximum absolute atomic E-state index is 12.2. The molecule has 2 aromatic rings. The lowest BCUT2D eigenvalue weighted by Crippen LogP contribution is -2.40. The Labute approximate surface area is 171 Å². The second-order valence-corrected chi connectivity index (χ2v) is 7.22. The van der Waals surface area contributed by atoms with E-state index in [0.29, 0.717) is 17.1 Å². The molecule has 0 aliphatic carbocycles. The van der Waals surface area contributed by atoms with E-state index in [1.54, 1.807) is 36.4 Å². The van der Waals surface area contributed by atoms with Gasteiger partial charge in [0.15, 0.2) is 6.61 Å². The quantitative estimate of drug-likeness (QED) is 0.704. The summed E-state index contributed by atoms with van der Waals surface area (Å²) in [6.07, 6.45) is 0. The highest BCUT2D eigenvalue weighted by atomic mass is 32.2. The lowest BCUT2D eigenvalue weighted by molar-refractivity contribution is -0.146. The highest BCUT2D eigenvalue weighted by Crippen LogP contribution is 2.34. The van der Waals surface area contributed by atoms with Crippen LogP contribution in [-0.2, 0) is 23.9 Å². The highest BCUT2D eigenvalue weighted by molar-refractivity contribution is 8.00. The summed E-state index contributed by atoms with van der Waals surface area (Å²) in [5.74, 6) is -1.31. The number of hydrogen-bond acceptors (Lipinski definition) is 6. The third-order valence-corrected chi connectivity index (χ3v) is 5.00. The summed E-state index contributed by atoms with van der Waals surface area (Å²) in [6, 6.07) is 13.8. The first-order valence-electron chi connectivity index (χ1n) is 8.77. The van der Waals surface area contributed by atoms with Crippen molar-refractivity contribution in [2.75, 3.05) is 34.4 Å². The molecule has 150 valence electrons. The monoisotopic (exact) mass is 413 g/mol. The van der Waals surface area contributed by atoms with E-state index in [2.05, 4.69) is 10.6 Å². The summed E-state index contributed by atoms with van der Waals surface area (Å²) in [5.41, 5.74) is 1.76. The summed E-state index contributed by atoms with van der Waals surface area (Å²) >= 11 is 1.42. The molecule has 0 bridgehead atoms. The fourth-order valence-electron chi connectivity index (χ4n) is 2.69. The molecule has 0 aromatic heterocycles. The molecular formula is C20H19N3O5S. The van der Waals surface area contributed by atoms with Crippen molar-refractivity contribution in [3.05, 3.63) is 48.5 Å². The first-order chi connectivity index (χ1) is 13.9. The summed E-state index contributed by atoms with van der Waals surface area (Å²) in [4.78, 5) is 49.6. The minimum absolute atomic E-state index is 0.186. The molecule has 1 aliphatic heterocycles. The van der Waals surface area contributed by atoms with E-state index in [-0.39, 0.29) is 24.1 Å². The van der Waals surface area contributed by atoms with Gasteiger partial charge in [-0.1, -0.05) is 12.1 Å². The van der Waals surface area contributed by atoms with Crippen LogP contribution in [0.4, 0.5) is 17.1 Å². The molecule has 0 atom stereocenters. The number of esters is 1. The maximum atomic E-state index is 12.2. The standard InChI is InChI=1S/C20H19N3O5S/c1-13(24)21-14-6-8-15(9-7-14)22-18(25)11-28-20(27)10-23-16-4-2-3-5-17(16)29-12-19(23)26/h2-9H,10-12H2,1H3,(H,21,24)(H,22,25). The molecule has 0 saturated heterocycles. The Morgan fingerprint density at radius 2 is 1.69 bits per heavy atom. The summed E-state index contributed by atoms with van der Waals surface area (Å²) < 4.78 is 5.01. The molecule has 3 rings (SSSR count). The second-order valence-electron chi connectivity index (χ2n) is 6.20. The number of carbonyl (C=O) groups is 4. The lowest BCUT2D eigenvalue weighted by Gasteiger charge is -2.27. The minimum Gasteiger partial charge on any atom is -0.454 e. The normalized spacial score (nSPS) is 12.7. The van der Waals surface area contributed by atoms with Gasteiger partial charge in [0.25, 0.3) is 5.91 Å². The van der Waals surface area contributed by atoms with Crippen LogP contribution < -0.4 is 15.5 Å². The molecule has 8 nitrogen and oxygen atoms in total. The Balaban J connectivity index is 1.50. The Bertz CT molecular complexity index is 945. The fraction of sp³-hybridized carbons (Fsp3) is 0.200. The number of benzene rings is 2. The smallest absolute Gasteiger partial charge is 0.326 e. The minimum atomic E-state index is -0.670. The molecule has 29 heavy (non-hydrogen) atoms. The largest absolute Gasteiger partial charge is 0.454 e. The zero-order valence-corrected chi connectivity index (χ0v) is 16.5. The molecule has 0 unspecified atom stereocenters. The second kappa shape index (κ2) is 9.24. The van der Waals surface area contributed by atoms with Gasteiger partial charge in [-0.3, -0.25) is 24.1 Å². The van der Waals surface area contributed by atoms with Crippen molar-refractivity contribution in [3.8, 4) is 0 Å².